The van der Waals surface area contributed by atoms with Crippen LogP contribution < -0.4 is 0 Å². The van der Waals surface area contributed by atoms with E-state index < -0.39 is 0 Å². The highest BCUT2D eigenvalue weighted by atomic mass is 28.2. The SMILES string of the molecule is C#CCC(CO[SiH3])C(C)(C)C(C)C. The van der Waals surface area contributed by atoms with Crippen molar-refractivity contribution in [1.82, 2.24) is 0 Å². The first kappa shape index (κ1) is 12.7. The first-order valence-electron chi connectivity index (χ1n) is 4.89. The van der Waals surface area contributed by atoms with Crippen LogP contribution in [0.15, 0.2) is 0 Å². The third-order valence-corrected chi connectivity index (χ3v) is 3.61. The van der Waals surface area contributed by atoms with Gasteiger partial charge >= 0.3 is 0 Å². The molecule has 0 N–H and O–H groups in total. The largest absolute Gasteiger partial charge is 0.428 e. The smallest absolute Gasteiger partial charge is 0.145 e. The van der Waals surface area contributed by atoms with Crippen LogP contribution in [0, 0.1) is 29.6 Å². The molecule has 0 saturated carbocycles. The van der Waals surface area contributed by atoms with E-state index in [1.165, 1.54) is 0 Å². The molecule has 0 radical (unpaired) electrons. The van der Waals surface area contributed by atoms with Crippen LogP contribution >= 0.6 is 0 Å². The second-order valence-corrected chi connectivity index (χ2v) is 5.11. The number of hydrogen-bond acceptors (Lipinski definition) is 1. The summed E-state index contributed by atoms with van der Waals surface area (Å²) in [4.78, 5) is 0. The first-order chi connectivity index (χ1) is 5.96. The molecule has 13 heavy (non-hydrogen) atoms. The molecule has 1 nitrogen and oxygen atoms in total. The third kappa shape index (κ3) is 3.54. The summed E-state index contributed by atoms with van der Waals surface area (Å²) in [5, 5.41) is 0. The molecule has 0 spiro atoms. The quantitative estimate of drug-likeness (QED) is 0.482. The van der Waals surface area contributed by atoms with Gasteiger partial charge in [-0.3, -0.25) is 0 Å². The van der Waals surface area contributed by atoms with E-state index in [4.69, 9.17) is 10.8 Å². The lowest BCUT2D eigenvalue weighted by atomic mass is 9.70. The molecular weight excluding hydrogens is 176 g/mol. The van der Waals surface area contributed by atoms with Gasteiger partial charge in [0, 0.05) is 13.0 Å². The maximum Gasteiger partial charge on any atom is 0.145 e. The Morgan fingerprint density at radius 1 is 1.46 bits per heavy atom. The van der Waals surface area contributed by atoms with Gasteiger partial charge in [-0.2, -0.15) is 0 Å². The predicted octanol–water partition coefficient (Wildman–Crippen LogP) is 1.61. The number of hydrogen-bond donors (Lipinski definition) is 0. The van der Waals surface area contributed by atoms with E-state index in [0.717, 1.165) is 23.5 Å². The van der Waals surface area contributed by atoms with Gasteiger partial charge in [0.25, 0.3) is 0 Å². The molecule has 0 rings (SSSR count). The van der Waals surface area contributed by atoms with Crippen molar-refractivity contribution >= 4 is 10.5 Å². The summed E-state index contributed by atoms with van der Waals surface area (Å²) >= 11 is 0. The average Bonchev–Trinajstić information content (AvgIpc) is 2.03. The summed E-state index contributed by atoms with van der Waals surface area (Å²) < 4.78 is 5.34. The van der Waals surface area contributed by atoms with Crippen molar-refractivity contribution in [3.05, 3.63) is 0 Å². The Kier molecular flexibility index (Phi) is 5.35. The van der Waals surface area contributed by atoms with Crippen LogP contribution in [-0.2, 0) is 4.43 Å². The van der Waals surface area contributed by atoms with E-state index in [0.29, 0.717) is 11.8 Å². The molecule has 0 aromatic rings. The highest BCUT2D eigenvalue weighted by Crippen LogP contribution is 2.36. The molecule has 0 fully saturated rings. The minimum atomic E-state index is 0.275. The Hall–Kier alpha value is -0.263. The summed E-state index contributed by atoms with van der Waals surface area (Å²) in [6.07, 6.45) is 6.19. The van der Waals surface area contributed by atoms with E-state index in [1.54, 1.807) is 0 Å². The molecule has 1 unspecified atom stereocenters. The zero-order chi connectivity index (χ0) is 10.5. The zero-order valence-electron chi connectivity index (χ0n) is 9.55. The summed E-state index contributed by atoms with van der Waals surface area (Å²) in [7, 11) is 0.805. The lowest BCUT2D eigenvalue weighted by Crippen LogP contribution is -2.32. The minimum Gasteiger partial charge on any atom is -0.428 e. The Bertz CT molecular complexity index is 179. The van der Waals surface area contributed by atoms with Gasteiger partial charge in [-0.15, -0.1) is 12.3 Å². The molecule has 0 aliphatic rings. The third-order valence-electron chi connectivity index (χ3n) is 3.27. The maximum atomic E-state index is 5.36. The molecule has 0 aromatic heterocycles. The van der Waals surface area contributed by atoms with Gasteiger partial charge in [0.1, 0.15) is 10.5 Å². The molecular formula is C11H22OSi. The Morgan fingerprint density at radius 2 is 2.00 bits per heavy atom. The van der Waals surface area contributed by atoms with Gasteiger partial charge in [0.15, 0.2) is 0 Å². The van der Waals surface area contributed by atoms with Crippen molar-refractivity contribution in [3.8, 4) is 12.3 Å². The van der Waals surface area contributed by atoms with E-state index in [1.807, 2.05) is 0 Å². The number of rotatable bonds is 5. The first-order valence-corrected chi connectivity index (χ1v) is 5.70. The van der Waals surface area contributed by atoms with Crippen LogP contribution in [0.2, 0.25) is 0 Å². The van der Waals surface area contributed by atoms with Crippen LogP contribution in [0.3, 0.4) is 0 Å². The second-order valence-electron chi connectivity index (χ2n) is 4.54. The Labute approximate surface area is 85.8 Å². The van der Waals surface area contributed by atoms with Gasteiger partial charge in [-0.05, 0) is 17.3 Å². The Balaban J connectivity index is 4.43. The van der Waals surface area contributed by atoms with Gasteiger partial charge < -0.3 is 4.43 Å². The summed E-state index contributed by atoms with van der Waals surface area (Å²) in [6, 6.07) is 0. The average molecular weight is 198 g/mol. The van der Waals surface area contributed by atoms with Crippen LogP contribution in [0.1, 0.15) is 34.1 Å². The van der Waals surface area contributed by atoms with Crippen molar-refractivity contribution in [2.75, 3.05) is 6.61 Å². The van der Waals surface area contributed by atoms with Gasteiger partial charge in [-0.1, -0.05) is 27.7 Å². The van der Waals surface area contributed by atoms with Crippen molar-refractivity contribution < 1.29 is 4.43 Å². The van der Waals surface area contributed by atoms with Crippen LogP contribution in [0.5, 0.6) is 0 Å². The molecule has 0 aliphatic heterocycles. The predicted molar refractivity (Wildman–Crippen MR) is 61.5 cm³/mol. The summed E-state index contributed by atoms with van der Waals surface area (Å²) in [6.45, 7) is 9.87. The zero-order valence-corrected chi connectivity index (χ0v) is 11.6. The monoisotopic (exact) mass is 198 g/mol. The van der Waals surface area contributed by atoms with Gasteiger partial charge in [0.05, 0.1) is 0 Å². The molecule has 0 heterocycles. The van der Waals surface area contributed by atoms with E-state index in [-0.39, 0.29) is 5.41 Å². The van der Waals surface area contributed by atoms with E-state index >= 15 is 0 Å². The highest BCUT2D eigenvalue weighted by Gasteiger charge is 2.31. The highest BCUT2D eigenvalue weighted by molar-refractivity contribution is 5.97. The maximum absolute atomic E-state index is 5.36. The van der Waals surface area contributed by atoms with Gasteiger partial charge in [-0.25, -0.2) is 0 Å². The summed E-state index contributed by atoms with van der Waals surface area (Å²) in [5.74, 6) is 3.89. The van der Waals surface area contributed by atoms with Crippen molar-refractivity contribution in [2.24, 2.45) is 17.3 Å². The van der Waals surface area contributed by atoms with Crippen molar-refractivity contribution in [3.63, 3.8) is 0 Å². The number of terminal acetylenes is 1. The fourth-order valence-electron chi connectivity index (χ4n) is 1.35. The minimum absolute atomic E-state index is 0.275. The van der Waals surface area contributed by atoms with Crippen LogP contribution in [0.25, 0.3) is 0 Å². The van der Waals surface area contributed by atoms with Crippen LogP contribution in [0.4, 0.5) is 0 Å². The standard InChI is InChI=1S/C11H22OSi/c1-6-7-10(8-12-13)11(4,5)9(2)3/h1,9-10H,7-8H2,2-5,13H3. The van der Waals surface area contributed by atoms with Crippen LogP contribution in [-0.4, -0.2) is 17.1 Å². The topological polar surface area (TPSA) is 9.23 Å². The molecule has 0 amide bonds. The normalized spacial score (nSPS) is 14.5. The fourth-order valence-corrected chi connectivity index (χ4v) is 1.75. The molecule has 76 valence electrons. The fraction of sp³-hybridized carbons (Fsp3) is 0.818. The summed E-state index contributed by atoms with van der Waals surface area (Å²) in [5.41, 5.74) is 0.275. The molecule has 2 heteroatoms. The van der Waals surface area contributed by atoms with Crippen molar-refractivity contribution in [2.45, 2.75) is 34.1 Å². The molecule has 0 aromatic carbocycles. The Morgan fingerprint density at radius 3 is 2.31 bits per heavy atom. The van der Waals surface area contributed by atoms with E-state index in [2.05, 4.69) is 33.6 Å². The molecule has 0 aliphatic carbocycles. The lowest BCUT2D eigenvalue weighted by Gasteiger charge is -2.37. The lowest BCUT2D eigenvalue weighted by molar-refractivity contribution is 0.0935. The van der Waals surface area contributed by atoms with E-state index in [9.17, 15) is 0 Å². The second kappa shape index (κ2) is 5.46. The molecule has 0 bridgehead atoms. The molecule has 1 atom stereocenters. The van der Waals surface area contributed by atoms with Crippen molar-refractivity contribution in [1.29, 1.82) is 0 Å². The van der Waals surface area contributed by atoms with Gasteiger partial charge in [0.2, 0.25) is 0 Å². The molecule has 0 saturated heterocycles.